The fourth-order valence-electron chi connectivity index (χ4n) is 7.59. The first-order valence-electron chi connectivity index (χ1n) is 17.4. The molecule has 0 unspecified atom stereocenters. The third-order valence-corrected chi connectivity index (χ3v) is 11.2. The summed E-state index contributed by atoms with van der Waals surface area (Å²) in [4.78, 5) is 2.41. The molecular weight excluding hydrogens is 637 g/mol. The molecule has 0 aliphatic carbocycles. The Balaban J connectivity index is 1.24. The van der Waals surface area contributed by atoms with Crippen molar-refractivity contribution in [2.75, 3.05) is 4.90 Å². The summed E-state index contributed by atoms with van der Waals surface area (Å²) in [6.45, 7) is 0. The van der Waals surface area contributed by atoms with Crippen molar-refractivity contribution in [1.82, 2.24) is 4.57 Å². The number of para-hydroxylation sites is 2. The van der Waals surface area contributed by atoms with E-state index in [0.717, 1.165) is 17.1 Å². The third kappa shape index (κ3) is 5.01. The Morgan fingerprint density at radius 1 is 0.353 bits per heavy atom. The Morgan fingerprint density at radius 3 is 1.35 bits per heavy atom. The molecular formula is C48H32N2S. The van der Waals surface area contributed by atoms with Crippen LogP contribution in [0.4, 0.5) is 17.1 Å². The lowest BCUT2D eigenvalue weighted by atomic mass is 10.0. The Kier molecular flexibility index (Phi) is 7.04. The van der Waals surface area contributed by atoms with Crippen LogP contribution < -0.4 is 4.90 Å². The fourth-order valence-corrected chi connectivity index (χ4v) is 8.77. The van der Waals surface area contributed by atoms with Gasteiger partial charge in [0.15, 0.2) is 0 Å². The monoisotopic (exact) mass is 668 g/mol. The molecule has 0 fully saturated rings. The minimum absolute atomic E-state index is 1.11. The highest BCUT2D eigenvalue weighted by Gasteiger charge is 2.21. The second-order valence-electron chi connectivity index (χ2n) is 13.0. The van der Waals surface area contributed by atoms with Crippen LogP contribution in [-0.4, -0.2) is 4.57 Å². The van der Waals surface area contributed by atoms with Crippen LogP contribution in [0.3, 0.4) is 0 Å². The van der Waals surface area contributed by atoms with Crippen LogP contribution in [0.25, 0.3) is 69.9 Å². The largest absolute Gasteiger partial charge is 0.310 e. The summed E-state index contributed by atoms with van der Waals surface area (Å²) in [5.74, 6) is 0. The topological polar surface area (TPSA) is 8.17 Å². The normalized spacial score (nSPS) is 11.5. The average Bonchev–Trinajstić information content (AvgIpc) is 3.75. The zero-order valence-electron chi connectivity index (χ0n) is 27.8. The highest BCUT2D eigenvalue weighted by Crippen LogP contribution is 2.46. The van der Waals surface area contributed by atoms with Crippen molar-refractivity contribution in [3.63, 3.8) is 0 Å². The molecule has 0 N–H and O–H groups in total. The number of hydrogen-bond acceptors (Lipinski definition) is 2. The van der Waals surface area contributed by atoms with E-state index in [0.29, 0.717) is 0 Å². The standard InChI is InChI=1S/C48H32N2S/c1-3-13-33(14-4-1)35-23-27-37(28-24-35)49(38-29-25-36(26-30-38)34-15-5-2-6-16-34)39-31-43-42-19-9-12-22-47(42)51-48(43)46(32-39)50-44-20-10-7-17-40(44)41-18-8-11-21-45(41)50/h1-32H. The molecule has 3 heteroatoms. The van der Waals surface area contributed by atoms with E-state index in [4.69, 9.17) is 0 Å². The second-order valence-corrected chi connectivity index (χ2v) is 14.0. The lowest BCUT2D eigenvalue weighted by molar-refractivity contribution is 1.19. The summed E-state index contributed by atoms with van der Waals surface area (Å²) in [6.07, 6.45) is 0. The van der Waals surface area contributed by atoms with Crippen molar-refractivity contribution in [3.8, 4) is 27.9 Å². The molecule has 8 aromatic carbocycles. The summed E-state index contributed by atoms with van der Waals surface area (Å²) in [7, 11) is 0. The molecule has 10 rings (SSSR count). The Bertz CT molecular complexity index is 2690. The summed E-state index contributed by atoms with van der Waals surface area (Å²) in [5.41, 5.74) is 11.7. The van der Waals surface area contributed by atoms with Crippen molar-refractivity contribution < 1.29 is 0 Å². The number of thiophene rings is 1. The van der Waals surface area contributed by atoms with Gasteiger partial charge in [-0.05, 0) is 76.9 Å². The number of rotatable bonds is 6. The number of nitrogens with zero attached hydrogens (tertiary/aromatic N) is 2. The van der Waals surface area contributed by atoms with Crippen LogP contribution in [0, 0.1) is 0 Å². The van der Waals surface area contributed by atoms with Crippen molar-refractivity contribution in [3.05, 3.63) is 194 Å². The van der Waals surface area contributed by atoms with Crippen LogP contribution in [0.1, 0.15) is 0 Å². The van der Waals surface area contributed by atoms with Crippen molar-refractivity contribution in [2.45, 2.75) is 0 Å². The SMILES string of the molecule is c1ccc(-c2ccc(N(c3ccc(-c4ccccc4)cc3)c3cc(-n4c5ccccc5c5ccccc54)c4sc5ccccc5c4c3)cc2)cc1. The Hall–Kier alpha value is -6.42. The molecule has 51 heavy (non-hydrogen) atoms. The molecule has 2 nitrogen and oxygen atoms in total. The van der Waals surface area contributed by atoms with Crippen LogP contribution in [0.5, 0.6) is 0 Å². The smallest absolute Gasteiger partial charge is 0.0661 e. The van der Waals surface area contributed by atoms with Crippen molar-refractivity contribution in [1.29, 1.82) is 0 Å². The maximum atomic E-state index is 2.47. The van der Waals surface area contributed by atoms with E-state index in [2.05, 4.69) is 204 Å². The molecule has 0 saturated carbocycles. The molecule has 0 aliphatic rings. The van der Waals surface area contributed by atoms with Gasteiger partial charge >= 0.3 is 0 Å². The molecule has 10 aromatic rings. The van der Waals surface area contributed by atoms with Crippen LogP contribution >= 0.6 is 11.3 Å². The van der Waals surface area contributed by atoms with E-state index in [1.807, 2.05) is 11.3 Å². The summed E-state index contributed by atoms with van der Waals surface area (Å²) >= 11 is 1.88. The van der Waals surface area contributed by atoms with Gasteiger partial charge in [-0.2, -0.15) is 0 Å². The fraction of sp³-hybridized carbons (Fsp3) is 0. The zero-order valence-corrected chi connectivity index (χ0v) is 28.6. The van der Waals surface area contributed by atoms with Gasteiger partial charge < -0.3 is 9.47 Å². The lowest BCUT2D eigenvalue weighted by Crippen LogP contribution is -2.10. The summed E-state index contributed by atoms with van der Waals surface area (Å²) in [6, 6.07) is 70.4. The quantitative estimate of drug-likeness (QED) is 0.171. The van der Waals surface area contributed by atoms with Gasteiger partial charge in [0.05, 0.1) is 21.4 Å². The van der Waals surface area contributed by atoms with E-state index >= 15 is 0 Å². The van der Waals surface area contributed by atoms with Gasteiger partial charge in [0.1, 0.15) is 0 Å². The van der Waals surface area contributed by atoms with Crippen LogP contribution in [0.15, 0.2) is 194 Å². The van der Waals surface area contributed by atoms with Gasteiger partial charge in [0, 0.05) is 43.3 Å². The number of anilines is 3. The Labute approximate surface area is 300 Å². The highest BCUT2D eigenvalue weighted by molar-refractivity contribution is 7.26. The van der Waals surface area contributed by atoms with E-state index in [-0.39, 0.29) is 0 Å². The maximum absolute atomic E-state index is 2.47. The lowest BCUT2D eigenvalue weighted by Gasteiger charge is -2.27. The molecule has 0 radical (unpaired) electrons. The molecule has 0 atom stereocenters. The molecule has 0 saturated heterocycles. The van der Waals surface area contributed by atoms with Gasteiger partial charge in [-0.3, -0.25) is 0 Å². The van der Waals surface area contributed by atoms with E-state index in [9.17, 15) is 0 Å². The first-order valence-corrected chi connectivity index (χ1v) is 18.2. The summed E-state index contributed by atoms with van der Waals surface area (Å²) < 4.78 is 5.05. The maximum Gasteiger partial charge on any atom is 0.0661 e. The van der Waals surface area contributed by atoms with Crippen LogP contribution in [-0.2, 0) is 0 Å². The minimum atomic E-state index is 1.11. The first-order chi connectivity index (χ1) is 25.3. The van der Waals surface area contributed by atoms with Gasteiger partial charge in [-0.1, -0.05) is 140 Å². The molecule has 2 aromatic heterocycles. The van der Waals surface area contributed by atoms with Crippen LogP contribution in [0.2, 0.25) is 0 Å². The molecule has 0 amide bonds. The van der Waals surface area contributed by atoms with E-state index < -0.39 is 0 Å². The first kappa shape index (κ1) is 29.5. The van der Waals surface area contributed by atoms with E-state index in [1.165, 1.54) is 69.9 Å². The molecule has 0 aliphatic heterocycles. The number of benzene rings is 8. The number of fused-ring (bicyclic) bond motifs is 6. The third-order valence-electron chi connectivity index (χ3n) is 9.99. The predicted octanol–water partition coefficient (Wildman–Crippen LogP) is 14.0. The zero-order chi connectivity index (χ0) is 33.7. The minimum Gasteiger partial charge on any atom is -0.310 e. The summed E-state index contributed by atoms with van der Waals surface area (Å²) in [5, 5.41) is 5.06. The van der Waals surface area contributed by atoms with Gasteiger partial charge in [-0.25, -0.2) is 0 Å². The molecule has 0 bridgehead atoms. The highest BCUT2D eigenvalue weighted by atomic mass is 32.1. The molecule has 240 valence electrons. The van der Waals surface area contributed by atoms with Crippen molar-refractivity contribution >= 4 is 70.4 Å². The predicted molar refractivity (Wildman–Crippen MR) is 219 cm³/mol. The van der Waals surface area contributed by atoms with Gasteiger partial charge in [-0.15, -0.1) is 11.3 Å². The van der Waals surface area contributed by atoms with Gasteiger partial charge in [0.25, 0.3) is 0 Å². The number of hydrogen-bond donors (Lipinski definition) is 0. The molecule has 0 spiro atoms. The average molecular weight is 669 g/mol. The van der Waals surface area contributed by atoms with Gasteiger partial charge in [0.2, 0.25) is 0 Å². The van der Waals surface area contributed by atoms with Crippen molar-refractivity contribution in [2.24, 2.45) is 0 Å². The number of aromatic nitrogens is 1. The van der Waals surface area contributed by atoms with E-state index in [1.54, 1.807) is 0 Å². The second kappa shape index (κ2) is 12.2. The Morgan fingerprint density at radius 2 is 0.804 bits per heavy atom. The molecule has 2 heterocycles.